The van der Waals surface area contributed by atoms with Gasteiger partial charge in [0, 0.05) is 13.7 Å². The first-order valence-electron chi connectivity index (χ1n) is 10.8. The van der Waals surface area contributed by atoms with E-state index in [1.807, 2.05) is 48.5 Å². The molecule has 0 aromatic carbocycles. The monoisotopic (exact) mass is 455 g/mol. The van der Waals surface area contributed by atoms with Crippen LogP contribution in [0, 0.1) is 0 Å². The molecule has 1 fully saturated rings. The molecule has 30 heavy (non-hydrogen) atoms. The fourth-order valence-corrected chi connectivity index (χ4v) is 4.33. The summed E-state index contributed by atoms with van der Waals surface area (Å²) in [6.45, 7) is 18.4. The zero-order chi connectivity index (χ0) is 24.0. The molecule has 182 valence electrons. The van der Waals surface area contributed by atoms with Crippen LogP contribution in [0.5, 0.6) is 0 Å². The number of carbonyl (C=O) groups is 1. The maximum absolute atomic E-state index is 12.7. The zero-order valence-electron chi connectivity index (χ0n) is 20.8. The minimum Gasteiger partial charge on any atom is -0.444 e. The molecule has 0 bridgehead atoms. The summed E-state index contributed by atoms with van der Waals surface area (Å²) >= 11 is 0. The normalized spacial score (nSPS) is 16.7. The van der Waals surface area contributed by atoms with Crippen molar-refractivity contribution in [3.8, 4) is 0 Å². The van der Waals surface area contributed by atoms with Crippen molar-refractivity contribution in [2.24, 2.45) is 0 Å². The molecule has 0 unspecified atom stereocenters. The Hall–Kier alpha value is -0.660. The van der Waals surface area contributed by atoms with Gasteiger partial charge in [-0.3, -0.25) is 4.57 Å². The lowest BCUT2D eigenvalue weighted by atomic mass is 10.2. The minimum absolute atomic E-state index is 0.0842. The van der Waals surface area contributed by atoms with E-state index < -0.39 is 13.2 Å². The largest absolute Gasteiger partial charge is 0.444 e. The highest BCUT2D eigenvalue weighted by atomic mass is 31.2. The van der Waals surface area contributed by atoms with E-state index in [2.05, 4.69) is 13.8 Å². The number of likely N-dealkylation sites (tertiary alicyclic amines) is 1. The number of ether oxygens (including phenoxy) is 2. The highest BCUT2D eigenvalue weighted by molar-refractivity contribution is 7.53. The summed E-state index contributed by atoms with van der Waals surface area (Å²) in [5, 5.41) is 7.00. The van der Waals surface area contributed by atoms with E-state index in [4.69, 9.17) is 23.6 Å². The predicted octanol–water partition coefficient (Wildman–Crippen LogP) is 5.08. The van der Waals surface area contributed by atoms with Gasteiger partial charge < -0.3 is 28.5 Å². The van der Waals surface area contributed by atoms with Crippen molar-refractivity contribution in [2.45, 2.75) is 99.1 Å². The number of hydrogen-bond acceptors (Lipinski definition) is 7. The van der Waals surface area contributed by atoms with Gasteiger partial charge in [0.2, 0.25) is 0 Å². The Morgan fingerprint density at radius 1 is 1.10 bits per heavy atom. The first-order chi connectivity index (χ1) is 13.8. The number of nitrogens with zero attached hydrogens (tertiary/aromatic N) is 1. The lowest BCUT2D eigenvalue weighted by molar-refractivity contribution is 0.0218. The van der Waals surface area contributed by atoms with Crippen LogP contribution in [0.2, 0.25) is 0 Å². The summed E-state index contributed by atoms with van der Waals surface area (Å²) in [6.07, 6.45) is 1.42. The SMILES string of the molecule is CC(C)OP(=O)(CCO[C@H]1CCN(C(=O)OC(C)(C)C)C1)OC(C)C.CCC.CO. The number of carbonyl (C=O) groups excluding carboxylic acids is 1. The van der Waals surface area contributed by atoms with Gasteiger partial charge >= 0.3 is 13.7 Å². The number of amides is 1. The van der Waals surface area contributed by atoms with Crippen molar-refractivity contribution < 1.29 is 33.0 Å². The molecule has 0 spiro atoms. The second-order valence-electron chi connectivity index (χ2n) is 8.56. The highest BCUT2D eigenvalue weighted by Crippen LogP contribution is 2.50. The van der Waals surface area contributed by atoms with E-state index in [0.29, 0.717) is 13.1 Å². The van der Waals surface area contributed by atoms with Gasteiger partial charge in [-0.15, -0.1) is 0 Å². The Bertz CT molecular complexity index is 478. The van der Waals surface area contributed by atoms with Crippen molar-refractivity contribution in [3.05, 3.63) is 0 Å². The number of hydrogen-bond donors (Lipinski definition) is 1. The Morgan fingerprint density at radius 2 is 1.57 bits per heavy atom. The van der Waals surface area contributed by atoms with Crippen LogP contribution < -0.4 is 0 Å². The molecule has 8 nitrogen and oxygen atoms in total. The minimum atomic E-state index is -3.18. The van der Waals surface area contributed by atoms with Crippen LogP contribution in [0.3, 0.4) is 0 Å². The summed E-state index contributed by atoms with van der Waals surface area (Å²) in [6, 6.07) is 0. The average molecular weight is 456 g/mol. The van der Waals surface area contributed by atoms with Gasteiger partial charge in [-0.1, -0.05) is 20.3 Å². The molecule has 0 saturated carbocycles. The third-order valence-corrected chi connectivity index (χ3v) is 5.47. The molecule has 1 saturated heterocycles. The molecule has 1 aliphatic heterocycles. The van der Waals surface area contributed by atoms with Gasteiger partial charge in [0.1, 0.15) is 5.60 Å². The van der Waals surface area contributed by atoms with Crippen molar-refractivity contribution in [3.63, 3.8) is 0 Å². The van der Waals surface area contributed by atoms with Crippen LogP contribution in [0.15, 0.2) is 0 Å². The summed E-state index contributed by atoms with van der Waals surface area (Å²) in [5.41, 5.74) is -0.509. The molecular weight excluding hydrogens is 409 g/mol. The van der Waals surface area contributed by atoms with E-state index >= 15 is 0 Å². The van der Waals surface area contributed by atoms with E-state index in [-0.39, 0.29) is 37.2 Å². The Kier molecular flexibility index (Phi) is 16.9. The molecule has 1 heterocycles. The van der Waals surface area contributed by atoms with Gasteiger partial charge in [0.05, 0.1) is 37.6 Å². The van der Waals surface area contributed by atoms with E-state index in [0.717, 1.165) is 13.5 Å². The maximum atomic E-state index is 12.7. The summed E-state index contributed by atoms with van der Waals surface area (Å²) in [7, 11) is -2.18. The first kappa shape index (κ1) is 31.5. The summed E-state index contributed by atoms with van der Waals surface area (Å²) < 4.78 is 34.9. The van der Waals surface area contributed by atoms with E-state index in [9.17, 15) is 9.36 Å². The first-order valence-corrected chi connectivity index (χ1v) is 12.5. The maximum Gasteiger partial charge on any atom is 0.410 e. The standard InChI is InChI=1S/C17H34NO6P.C3H8.CH4O/c1-13(2)23-25(20,24-14(3)4)11-10-21-15-8-9-18(12-15)16(19)22-17(5,6)7;1-3-2;1-2/h13-15H,8-12H2,1-7H3;3H2,1-2H3;2H,1H3/t15-;;/m0../s1. The fraction of sp³-hybridized carbons (Fsp3) is 0.952. The Morgan fingerprint density at radius 3 is 1.97 bits per heavy atom. The van der Waals surface area contributed by atoms with Crippen LogP contribution in [0.4, 0.5) is 4.79 Å². The zero-order valence-corrected chi connectivity index (χ0v) is 21.7. The van der Waals surface area contributed by atoms with Crippen molar-refractivity contribution >= 4 is 13.7 Å². The molecule has 1 rings (SSSR count). The van der Waals surface area contributed by atoms with Crippen LogP contribution in [0.1, 0.15) is 75.2 Å². The molecule has 0 aliphatic carbocycles. The average Bonchev–Trinajstić information content (AvgIpc) is 3.03. The van der Waals surface area contributed by atoms with E-state index in [1.54, 1.807) is 4.90 Å². The van der Waals surface area contributed by atoms with Gasteiger partial charge in [0.15, 0.2) is 0 Å². The number of aliphatic hydroxyl groups excluding tert-OH is 1. The molecule has 1 aliphatic rings. The molecule has 9 heteroatoms. The summed E-state index contributed by atoms with van der Waals surface area (Å²) in [5.74, 6) is 0. The quantitative estimate of drug-likeness (QED) is 0.510. The lowest BCUT2D eigenvalue weighted by Crippen LogP contribution is -2.36. The third kappa shape index (κ3) is 16.1. The molecule has 0 radical (unpaired) electrons. The fourth-order valence-electron chi connectivity index (χ4n) is 2.46. The smallest absolute Gasteiger partial charge is 0.410 e. The van der Waals surface area contributed by atoms with Crippen LogP contribution in [0.25, 0.3) is 0 Å². The predicted molar refractivity (Wildman–Crippen MR) is 121 cm³/mol. The van der Waals surface area contributed by atoms with Crippen molar-refractivity contribution in [1.82, 2.24) is 4.90 Å². The second-order valence-corrected chi connectivity index (χ2v) is 10.6. The molecule has 0 aromatic rings. The van der Waals surface area contributed by atoms with Crippen LogP contribution in [-0.4, -0.2) is 73.0 Å². The molecular formula is C21H46NO7P. The van der Waals surface area contributed by atoms with Gasteiger partial charge in [0.25, 0.3) is 0 Å². The molecule has 1 N–H and O–H groups in total. The molecule has 1 atom stereocenters. The molecule has 1 amide bonds. The second kappa shape index (κ2) is 16.0. The van der Waals surface area contributed by atoms with Crippen molar-refractivity contribution in [2.75, 3.05) is 33.0 Å². The van der Waals surface area contributed by atoms with Gasteiger partial charge in [-0.2, -0.15) is 0 Å². The lowest BCUT2D eigenvalue weighted by Gasteiger charge is -2.25. The summed E-state index contributed by atoms with van der Waals surface area (Å²) in [4.78, 5) is 13.7. The van der Waals surface area contributed by atoms with Crippen molar-refractivity contribution in [1.29, 1.82) is 0 Å². The Balaban J connectivity index is 0. The highest BCUT2D eigenvalue weighted by Gasteiger charge is 2.32. The van der Waals surface area contributed by atoms with Gasteiger partial charge in [-0.25, -0.2) is 4.79 Å². The topological polar surface area (TPSA) is 94.5 Å². The van der Waals surface area contributed by atoms with Crippen LogP contribution in [-0.2, 0) is 23.1 Å². The third-order valence-electron chi connectivity index (χ3n) is 3.26. The number of aliphatic hydroxyl groups is 1. The Labute approximate surface area is 184 Å². The van der Waals surface area contributed by atoms with Gasteiger partial charge in [-0.05, 0) is 54.9 Å². The molecule has 0 aromatic heterocycles. The van der Waals surface area contributed by atoms with Crippen LogP contribution >= 0.6 is 7.60 Å². The number of rotatable bonds is 8. The van der Waals surface area contributed by atoms with E-state index in [1.165, 1.54) is 6.42 Å².